The highest BCUT2D eigenvalue weighted by atomic mass is 16.2. The Balaban J connectivity index is 1.58. The summed E-state index contributed by atoms with van der Waals surface area (Å²) in [6, 6.07) is 16.4. The van der Waals surface area contributed by atoms with E-state index in [0.29, 0.717) is 16.7 Å². The van der Waals surface area contributed by atoms with Crippen molar-refractivity contribution < 1.29 is 4.79 Å². The van der Waals surface area contributed by atoms with Gasteiger partial charge in [0.05, 0.1) is 16.8 Å². The average molecular weight is 349 g/mol. The van der Waals surface area contributed by atoms with E-state index in [-0.39, 0.29) is 29.6 Å². The van der Waals surface area contributed by atoms with Crippen LogP contribution in [0.25, 0.3) is 10.8 Å². The topological polar surface area (TPSA) is 84.0 Å². The number of carbonyl (C=O) groups is 1. The highest BCUT2D eigenvalue weighted by Gasteiger charge is 2.33. The zero-order valence-corrected chi connectivity index (χ0v) is 14.1. The predicted molar refractivity (Wildman–Crippen MR) is 98.9 cm³/mol. The SMILES string of the molecule is O=C(Cn1[nH]c(=O)c2ccccc2c1=O)N[C@@H](c1ccccc1)C1CC1. The minimum Gasteiger partial charge on any atom is -0.347 e. The van der Waals surface area contributed by atoms with Crippen molar-refractivity contribution >= 4 is 16.7 Å². The number of carbonyl (C=O) groups excluding carboxylic acids is 1. The molecule has 0 bridgehead atoms. The third kappa shape index (κ3) is 3.18. The third-order valence-corrected chi connectivity index (χ3v) is 4.75. The maximum Gasteiger partial charge on any atom is 0.273 e. The molecule has 2 N–H and O–H groups in total. The van der Waals surface area contributed by atoms with Gasteiger partial charge >= 0.3 is 0 Å². The smallest absolute Gasteiger partial charge is 0.273 e. The van der Waals surface area contributed by atoms with E-state index >= 15 is 0 Å². The number of benzene rings is 2. The largest absolute Gasteiger partial charge is 0.347 e. The fraction of sp³-hybridized carbons (Fsp3) is 0.250. The Kier molecular flexibility index (Phi) is 4.16. The first kappa shape index (κ1) is 16.3. The third-order valence-electron chi connectivity index (χ3n) is 4.75. The van der Waals surface area contributed by atoms with Gasteiger partial charge in [0.2, 0.25) is 5.91 Å². The molecule has 1 aliphatic rings. The highest BCUT2D eigenvalue weighted by molar-refractivity contribution is 5.81. The Hall–Kier alpha value is -3.15. The standard InChI is InChI=1S/C20H19N3O3/c24-17(21-18(14-10-11-14)13-6-2-1-3-7-13)12-23-20(26)16-9-5-4-8-15(16)19(25)22-23/h1-9,14,18H,10-12H2,(H,21,24)(H,22,25)/t18-/m0/s1. The molecule has 1 atom stereocenters. The van der Waals surface area contributed by atoms with Crippen molar-refractivity contribution in [3.63, 3.8) is 0 Å². The molecule has 1 aromatic heterocycles. The predicted octanol–water partition coefficient (Wildman–Crippen LogP) is 1.96. The van der Waals surface area contributed by atoms with Crippen LogP contribution in [0.5, 0.6) is 0 Å². The van der Waals surface area contributed by atoms with Crippen LogP contribution in [0.1, 0.15) is 24.4 Å². The molecule has 0 spiro atoms. The van der Waals surface area contributed by atoms with E-state index in [1.807, 2.05) is 30.3 Å². The molecular formula is C20H19N3O3. The second kappa shape index (κ2) is 6.63. The van der Waals surface area contributed by atoms with Crippen molar-refractivity contribution in [2.45, 2.75) is 25.4 Å². The average Bonchev–Trinajstić information content (AvgIpc) is 3.50. The molecule has 132 valence electrons. The Bertz CT molecular complexity index is 1060. The number of fused-ring (bicyclic) bond motifs is 1. The molecule has 1 heterocycles. The lowest BCUT2D eigenvalue weighted by Gasteiger charge is -2.19. The zero-order valence-electron chi connectivity index (χ0n) is 14.1. The van der Waals surface area contributed by atoms with E-state index in [0.717, 1.165) is 23.1 Å². The van der Waals surface area contributed by atoms with Gasteiger partial charge in [-0.3, -0.25) is 19.5 Å². The van der Waals surface area contributed by atoms with Crippen LogP contribution in [0.15, 0.2) is 64.2 Å². The van der Waals surface area contributed by atoms with Crippen LogP contribution in [0.3, 0.4) is 0 Å². The van der Waals surface area contributed by atoms with E-state index < -0.39 is 0 Å². The molecule has 0 radical (unpaired) electrons. The number of hydrogen-bond donors (Lipinski definition) is 2. The first-order valence-corrected chi connectivity index (χ1v) is 8.69. The summed E-state index contributed by atoms with van der Waals surface area (Å²) in [6.45, 7) is -0.213. The summed E-state index contributed by atoms with van der Waals surface area (Å²) in [4.78, 5) is 37.2. The van der Waals surface area contributed by atoms with Gasteiger partial charge in [-0.2, -0.15) is 0 Å². The number of H-pyrrole nitrogens is 1. The van der Waals surface area contributed by atoms with Crippen LogP contribution < -0.4 is 16.4 Å². The molecule has 1 amide bonds. The molecule has 6 heteroatoms. The molecule has 0 unspecified atom stereocenters. The number of nitrogens with zero attached hydrogens (tertiary/aromatic N) is 1. The molecule has 1 saturated carbocycles. The molecule has 1 aliphatic carbocycles. The quantitative estimate of drug-likeness (QED) is 0.738. The van der Waals surface area contributed by atoms with E-state index in [2.05, 4.69) is 10.4 Å². The minimum absolute atomic E-state index is 0.0634. The van der Waals surface area contributed by atoms with Gasteiger partial charge in [0.25, 0.3) is 11.1 Å². The summed E-state index contributed by atoms with van der Waals surface area (Å²) in [5.41, 5.74) is 0.301. The Labute approximate surface area is 149 Å². The summed E-state index contributed by atoms with van der Waals surface area (Å²) >= 11 is 0. The van der Waals surface area contributed by atoms with Gasteiger partial charge in [-0.1, -0.05) is 42.5 Å². The van der Waals surface area contributed by atoms with Crippen LogP contribution in [-0.2, 0) is 11.3 Å². The van der Waals surface area contributed by atoms with E-state index in [9.17, 15) is 14.4 Å². The molecule has 26 heavy (non-hydrogen) atoms. The normalized spacial score (nSPS) is 14.9. The lowest BCUT2D eigenvalue weighted by Crippen LogP contribution is -2.38. The lowest BCUT2D eigenvalue weighted by molar-refractivity contribution is -0.122. The first-order valence-electron chi connectivity index (χ1n) is 8.69. The monoisotopic (exact) mass is 349 g/mol. The number of aromatic nitrogens is 2. The Morgan fingerprint density at radius 3 is 2.38 bits per heavy atom. The first-order chi connectivity index (χ1) is 12.6. The highest BCUT2D eigenvalue weighted by Crippen LogP contribution is 2.40. The molecule has 0 saturated heterocycles. The zero-order chi connectivity index (χ0) is 18.1. The summed E-state index contributed by atoms with van der Waals surface area (Å²) in [6.07, 6.45) is 2.15. The fourth-order valence-corrected chi connectivity index (χ4v) is 3.28. The van der Waals surface area contributed by atoms with Crippen LogP contribution >= 0.6 is 0 Å². The second-order valence-corrected chi connectivity index (χ2v) is 6.67. The summed E-state index contributed by atoms with van der Waals surface area (Å²) in [7, 11) is 0. The van der Waals surface area contributed by atoms with Crippen molar-refractivity contribution in [1.82, 2.24) is 15.1 Å². The number of amides is 1. The number of nitrogens with one attached hydrogen (secondary N) is 2. The van der Waals surface area contributed by atoms with Crippen molar-refractivity contribution in [3.8, 4) is 0 Å². The number of rotatable bonds is 5. The van der Waals surface area contributed by atoms with Crippen LogP contribution in [0, 0.1) is 5.92 Å². The van der Waals surface area contributed by atoms with Crippen molar-refractivity contribution in [3.05, 3.63) is 80.9 Å². The van der Waals surface area contributed by atoms with E-state index in [1.54, 1.807) is 24.3 Å². The van der Waals surface area contributed by atoms with Crippen LogP contribution in [0.4, 0.5) is 0 Å². The second-order valence-electron chi connectivity index (χ2n) is 6.67. The number of hydrogen-bond acceptors (Lipinski definition) is 3. The van der Waals surface area contributed by atoms with Crippen LogP contribution in [0.2, 0.25) is 0 Å². The van der Waals surface area contributed by atoms with E-state index in [1.165, 1.54) is 0 Å². The summed E-state index contributed by atoms with van der Waals surface area (Å²) in [5, 5.41) is 6.15. The molecule has 4 rings (SSSR count). The maximum absolute atomic E-state index is 12.5. The van der Waals surface area contributed by atoms with Gasteiger partial charge in [0.15, 0.2) is 0 Å². The molecule has 0 aliphatic heterocycles. The molecule has 2 aromatic carbocycles. The van der Waals surface area contributed by atoms with Crippen LogP contribution in [-0.4, -0.2) is 15.7 Å². The van der Waals surface area contributed by atoms with Gasteiger partial charge in [-0.15, -0.1) is 0 Å². The van der Waals surface area contributed by atoms with Crippen molar-refractivity contribution in [2.24, 2.45) is 5.92 Å². The summed E-state index contributed by atoms with van der Waals surface area (Å²) < 4.78 is 1.08. The Morgan fingerprint density at radius 1 is 1.04 bits per heavy atom. The number of aromatic amines is 1. The van der Waals surface area contributed by atoms with E-state index in [4.69, 9.17) is 0 Å². The fourth-order valence-electron chi connectivity index (χ4n) is 3.28. The molecule has 6 nitrogen and oxygen atoms in total. The summed E-state index contributed by atoms with van der Waals surface area (Å²) in [5.74, 6) is 0.132. The van der Waals surface area contributed by atoms with Gasteiger partial charge < -0.3 is 5.32 Å². The minimum atomic E-state index is -0.380. The van der Waals surface area contributed by atoms with Gasteiger partial charge in [0.1, 0.15) is 6.54 Å². The van der Waals surface area contributed by atoms with Crippen molar-refractivity contribution in [2.75, 3.05) is 0 Å². The maximum atomic E-state index is 12.5. The molecular weight excluding hydrogens is 330 g/mol. The van der Waals surface area contributed by atoms with Gasteiger partial charge in [-0.05, 0) is 36.5 Å². The van der Waals surface area contributed by atoms with Crippen molar-refractivity contribution in [1.29, 1.82) is 0 Å². The Morgan fingerprint density at radius 2 is 1.69 bits per heavy atom. The van der Waals surface area contributed by atoms with Gasteiger partial charge in [0, 0.05) is 0 Å². The molecule has 3 aromatic rings. The lowest BCUT2D eigenvalue weighted by atomic mass is 10.0. The molecule has 1 fully saturated rings. The van der Waals surface area contributed by atoms with Gasteiger partial charge in [-0.25, -0.2) is 4.68 Å².